The minimum absolute atomic E-state index is 0.0498. The lowest BCUT2D eigenvalue weighted by molar-refractivity contribution is 0.0742. The SMILES string of the molecule is Cc1cc(C(=O)N(C)C(C)c2cccc(N)c2)co1. The van der Waals surface area contributed by atoms with E-state index in [2.05, 4.69) is 0 Å². The van der Waals surface area contributed by atoms with E-state index in [1.165, 1.54) is 6.26 Å². The maximum atomic E-state index is 12.3. The van der Waals surface area contributed by atoms with Crippen molar-refractivity contribution in [1.82, 2.24) is 4.90 Å². The lowest BCUT2D eigenvalue weighted by Gasteiger charge is -2.25. The zero-order valence-corrected chi connectivity index (χ0v) is 11.4. The number of nitrogens with two attached hydrogens (primary N) is 1. The van der Waals surface area contributed by atoms with Gasteiger partial charge in [0, 0.05) is 12.7 Å². The number of carbonyl (C=O) groups excluding carboxylic acids is 1. The van der Waals surface area contributed by atoms with E-state index >= 15 is 0 Å². The molecular weight excluding hydrogens is 240 g/mol. The van der Waals surface area contributed by atoms with E-state index < -0.39 is 0 Å². The Kier molecular flexibility index (Phi) is 3.60. The highest BCUT2D eigenvalue weighted by molar-refractivity contribution is 5.94. The number of carbonyl (C=O) groups is 1. The molecule has 0 saturated carbocycles. The van der Waals surface area contributed by atoms with Gasteiger partial charge in [-0.3, -0.25) is 4.79 Å². The Balaban J connectivity index is 2.19. The first kappa shape index (κ1) is 13.2. The fourth-order valence-corrected chi connectivity index (χ4v) is 1.98. The fourth-order valence-electron chi connectivity index (χ4n) is 1.98. The van der Waals surface area contributed by atoms with Gasteiger partial charge >= 0.3 is 0 Å². The van der Waals surface area contributed by atoms with Crippen LogP contribution in [0.3, 0.4) is 0 Å². The molecule has 1 heterocycles. The predicted octanol–water partition coefficient (Wildman–Crippen LogP) is 3.00. The Morgan fingerprint density at radius 3 is 2.68 bits per heavy atom. The van der Waals surface area contributed by atoms with Crippen molar-refractivity contribution in [2.24, 2.45) is 0 Å². The topological polar surface area (TPSA) is 59.5 Å². The second-order valence-corrected chi connectivity index (χ2v) is 4.71. The van der Waals surface area contributed by atoms with Crippen molar-refractivity contribution in [3.05, 3.63) is 53.5 Å². The van der Waals surface area contributed by atoms with Crippen LogP contribution in [0.25, 0.3) is 0 Å². The van der Waals surface area contributed by atoms with Gasteiger partial charge in [0.05, 0.1) is 11.6 Å². The predicted molar refractivity (Wildman–Crippen MR) is 74.8 cm³/mol. The van der Waals surface area contributed by atoms with Crippen LogP contribution < -0.4 is 5.73 Å². The second kappa shape index (κ2) is 5.18. The third kappa shape index (κ3) is 2.78. The summed E-state index contributed by atoms with van der Waals surface area (Å²) in [5.41, 5.74) is 8.04. The second-order valence-electron chi connectivity index (χ2n) is 4.71. The molecule has 19 heavy (non-hydrogen) atoms. The fraction of sp³-hybridized carbons (Fsp3) is 0.267. The van der Waals surface area contributed by atoms with E-state index in [4.69, 9.17) is 10.2 Å². The number of aryl methyl sites for hydroxylation is 1. The molecule has 4 nitrogen and oxygen atoms in total. The minimum atomic E-state index is -0.0632. The average molecular weight is 258 g/mol. The lowest BCUT2D eigenvalue weighted by Crippen LogP contribution is -2.29. The maximum Gasteiger partial charge on any atom is 0.257 e. The van der Waals surface area contributed by atoms with Crippen molar-refractivity contribution in [3.63, 3.8) is 0 Å². The van der Waals surface area contributed by atoms with Gasteiger partial charge in [-0.1, -0.05) is 12.1 Å². The standard InChI is InChI=1S/C15H18N2O2/c1-10-7-13(9-19-10)15(18)17(3)11(2)12-5-4-6-14(16)8-12/h4-9,11H,16H2,1-3H3. The summed E-state index contributed by atoms with van der Waals surface area (Å²) in [6.45, 7) is 3.79. The molecular formula is C15H18N2O2. The van der Waals surface area contributed by atoms with E-state index in [1.807, 2.05) is 38.1 Å². The van der Waals surface area contributed by atoms with E-state index in [9.17, 15) is 4.79 Å². The largest absolute Gasteiger partial charge is 0.469 e. The lowest BCUT2D eigenvalue weighted by atomic mass is 10.1. The highest BCUT2D eigenvalue weighted by Crippen LogP contribution is 2.22. The number of furan rings is 1. The van der Waals surface area contributed by atoms with Crippen LogP contribution >= 0.6 is 0 Å². The average Bonchev–Trinajstić information content (AvgIpc) is 2.83. The van der Waals surface area contributed by atoms with Crippen LogP contribution in [-0.4, -0.2) is 17.9 Å². The Morgan fingerprint density at radius 2 is 2.11 bits per heavy atom. The summed E-state index contributed by atoms with van der Waals surface area (Å²) < 4.78 is 5.17. The van der Waals surface area contributed by atoms with E-state index in [-0.39, 0.29) is 11.9 Å². The first-order valence-corrected chi connectivity index (χ1v) is 6.17. The molecule has 2 rings (SSSR count). The van der Waals surface area contributed by atoms with Gasteiger partial charge in [0.15, 0.2) is 0 Å². The van der Waals surface area contributed by atoms with Crippen LogP contribution in [0.4, 0.5) is 5.69 Å². The van der Waals surface area contributed by atoms with Gasteiger partial charge in [0.1, 0.15) is 12.0 Å². The number of hydrogen-bond acceptors (Lipinski definition) is 3. The Morgan fingerprint density at radius 1 is 1.37 bits per heavy atom. The van der Waals surface area contributed by atoms with Gasteiger partial charge in [0.25, 0.3) is 5.91 Å². The third-order valence-corrected chi connectivity index (χ3v) is 3.27. The van der Waals surface area contributed by atoms with Gasteiger partial charge < -0.3 is 15.1 Å². The third-order valence-electron chi connectivity index (χ3n) is 3.27. The van der Waals surface area contributed by atoms with Crippen LogP contribution in [0.5, 0.6) is 0 Å². The molecule has 1 unspecified atom stereocenters. The van der Waals surface area contributed by atoms with Crippen molar-refractivity contribution >= 4 is 11.6 Å². The Hall–Kier alpha value is -2.23. The molecule has 0 aliphatic rings. The Bertz CT molecular complexity index is 589. The molecule has 0 aliphatic carbocycles. The van der Waals surface area contributed by atoms with E-state index in [1.54, 1.807) is 18.0 Å². The molecule has 1 amide bonds. The molecule has 1 atom stereocenters. The molecule has 1 aromatic heterocycles. The summed E-state index contributed by atoms with van der Waals surface area (Å²) in [6.07, 6.45) is 1.49. The van der Waals surface area contributed by atoms with Gasteiger partial charge in [-0.15, -0.1) is 0 Å². The van der Waals surface area contributed by atoms with E-state index in [0.717, 1.165) is 11.3 Å². The number of nitrogen functional groups attached to an aromatic ring is 1. The summed E-state index contributed by atoms with van der Waals surface area (Å²) in [5.74, 6) is 0.667. The molecule has 100 valence electrons. The molecule has 0 bridgehead atoms. The molecule has 0 aliphatic heterocycles. The molecule has 2 aromatic rings. The molecule has 2 N–H and O–H groups in total. The minimum Gasteiger partial charge on any atom is -0.469 e. The van der Waals surface area contributed by atoms with Gasteiger partial charge in [0.2, 0.25) is 0 Å². The van der Waals surface area contributed by atoms with Gasteiger partial charge in [-0.2, -0.15) is 0 Å². The van der Waals surface area contributed by atoms with Gasteiger partial charge in [-0.05, 0) is 37.6 Å². The molecule has 0 spiro atoms. The highest BCUT2D eigenvalue weighted by Gasteiger charge is 2.20. The summed E-state index contributed by atoms with van der Waals surface area (Å²) in [4.78, 5) is 14.0. The zero-order chi connectivity index (χ0) is 14.0. The van der Waals surface area contributed by atoms with Crippen LogP contribution in [-0.2, 0) is 0 Å². The molecule has 0 radical (unpaired) electrons. The molecule has 4 heteroatoms. The molecule has 1 aromatic carbocycles. The maximum absolute atomic E-state index is 12.3. The number of amides is 1. The quantitative estimate of drug-likeness (QED) is 0.861. The highest BCUT2D eigenvalue weighted by atomic mass is 16.3. The van der Waals surface area contributed by atoms with E-state index in [0.29, 0.717) is 11.3 Å². The number of hydrogen-bond donors (Lipinski definition) is 1. The van der Waals surface area contributed by atoms with Crippen molar-refractivity contribution in [2.75, 3.05) is 12.8 Å². The summed E-state index contributed by atoms with van der Waals surface area (Å²) in [7, 11) is 1.78. The normalized spacial score (nSPS) is 12.2. The summed E-state index contributed by atoms with van der Waals surface area (Å²) in [5, 5.41) is 0. The van der Waals surface area contributed by atoms with Gasteiger partial charge in [-0.25, -0.2) is 0 Å². The summed E-state index contributed by atoms with van der Waals surface area (Å²) >= 11 is 0. The number of anilines is 1. The van der Waals surface area contributed by atoms with Crippen LogP contribution in [0, 0.1) is 6.92 Å². The molecule has 0 saturated heterocycles. The van der Waals surface area contributed by atoms with Crippen molar-refractivity contribution in [1.29, 1.82) is 0 Å². The van der Waals surface area contributed by atoms with Crippen molar-refractivity contribution in [2.45, 2.75) is 19.9 Å². The number of rotatable bonds is 3. The molecule has 0 fully saturated rings. The monoisotopic (exact) mass is 258 g/mol. The van der Waals surface area contributed by atoms with Crippen LogP contribution in [0.15, 0.2) is 41.0 Å². The van der Waals surface area contributed by atoms with Crippen molar-refractivity contribution < 1.29 is 9.21 Å². The zero-order valence-electron chi connectivity index (χ0n) is 11.4. The van der Waals surface area contributed by atoms with Crippen LogP contribution in [0.2, 0.25) is 0 Å². The number of nitrogens with zero attached hydrogens (tertiary/aromatic N) is 1. The first-order valence-electron chi connectivity index (χ1n) is 6.17. The smallest absolute Gasteiger partial charge is 0.257 e. The summed E-state index contributed by atoms with van der Waals surface area (Å²) in [6, 6.07) is 9.26. The van der Waals surface area contributed by atoms with Crippen LogP contribution in [0.1, 0.15) is 34.6 Å². The number of benzene rings is 1. The van der Waals surface area contributed by atoms with Crippen molar-refractivity contribution in [3.8, 4) is 0 Å². The Labute approximate surface area is 112 Å². The first-order chi connectivity index (χ1) is 8.99.